The summed E-state index contributed by atoms with van der Waals surface area (Å²) in [5, 5.41) is 3.38. The van der Waals surface area contributed by atoms with Crippen molar-refractivity contribution in [1.82, 2.24) is 9.88 Å². The third kappa shape index (κ3) is 3.40. The van der Waals surface area contributed by atoms with Crippen molar-refractivity contribution < 1.29 is 4.79 Å². The summed E-state index contributed by atoms with van der Waals surface area (Å²) in [5.74, 6) is -0.310. The molecule has 0 radical (unpaired) electrons. The summed E-state index contributed by atoms with van der Waals surface area (Å²) in [6.07, 6.45) is 2.98. The first-order chi connectivity index (χ1) is 7.15. The predicted octanol–water partition coefficient (Wildman–Crippen LogP) is 1.03. The van der Waals surface area contributed by atoms with Crippen LogP contribution < -0.4 is 11.1 Å². The van der Waals surface area contributed by atoms with E-state index in [0.29, 0.717) is 0 Å². The van der Waals surface area contributed by atoms with Gasteiger partial charge in [0.05, 0.1) is 0 Å². The van der Waals surface area contributed by atoms with Gasteiger partial charge >= 0.3 is 0 Å². The van der Waals surface area contributed by atoms with Crippen LogP contribution in [0, 0.1) is 0 Å². The molecule has 0 saturated carbocycles. The van der Waals surface area contributed by atoms with Crippen LogP contribution in [0.5, 0.6) is 0 Å². The van der Waals surface area contributed by atoms with Crippen LogP contribution in [0.4, 0.5) is 0 Å². The Kier molecular flexibility index (Phi) is 4.37. The Morgan fingerprint density at radius 1 is 1.67 bits per heavy atom. The molecular weight excluding hydrogens is 190 g/mol. The van der Waals surface area contributed by atoms with Crippen molar-refractivity contribution in [3.05, 3.63) is 24.0 Å². The van der Waals surface area contributed by atoms with E-state index in [1.807, 2.05) is 22.9 Å². The topological polar surface area (TPSA) is 60.1 Å². The molecule has 15 heavy (non-hydrogen) atoms. The number of nitrogens with one attached hydrogen (secondary N) is 1. The van der Waals surface area contributed by atoms with E-state index in [1.54, 1.807) is 0 Å². The molecule has 1 heterocycles. The highest BCUT2D eigenvalue weighted by molar-refractivity contribution is 5.73. The van der Waals surface area contributed by atoms with Gasteiger partial charge in [0.2, 0.25) is 5.91 Å². The van der Waals surface area contributed by atoms with Crippen molar-refractivity contribution in [3.63, 3.8) is 0 Å². The van der Waals surface area contributed by atoms with Gasteiger partial charge in [0.25, 0.3) is 0 Å². The van der Waals surface area contributed by atoms with Gasteiger partial charge in [-0.25, -0.2) is 0 Å². The standard InChI is InChI=1S/C11H19N3O/c1-3-6-13-9(2)10-5-4-7-14(10)8-11(12)15/h4-5,7,9,13H,3,6,8H2,1-2H3,(H2,12,15). The van der Waals surface area contributed by atoms with Gasteiger partial charge in [-0.2, -0.15) is 0 Å². The fourth-order valence-electron chi connectivity index (χ4n) is 1.60. The van der Waals surface area contributed by atoms with Gasteiger partial charge in [-0.3, -0.25) is 4.79 Å². The first-order valence-electron chi connectivity index (χ1n) is 5.32. The van der Waals surface area contributed by atoms with E-state index in [2.05, 4.69) is 19.2 Å². The molecule has 84 valence electrons. The van der Waals surface area contributed by atoms with Gasteiger partial charge in [0, 0.05) is 17.9 Å². The minimum atomic E-state index is -0.310. The van der Waals surface area contributed by atoms with Crippen LogP contribution in [0.3, 0.4) is 0 Å². The van der Waals surface area contributed by atoms with Crippen LogP contribution in [0.15, 0.2) is 18.3 Å². The first-order valence-corrected chi connectivity index (χ1v) is 5.32. The van der Waals surface area contributed by atoms with Crippen LogP contribution >= 0.6 is 0 Å². The summed E-state index contributed by atoms with van der Waals surface area (Å²) in [7, 11) is 0. The lowest BCUT2D eigenvalue weighted by Crippen LogP contribution is -2.25. The SMILES string of the molecule is CCCNC(C)c1cccn1CC(N)=O. The van der Waals surface area contributed by atoms with E-state index in [-0.39, 0.29) is 18.5 Å². The Balaban J connectivity index is 2.66. The quantitative estimate of drug-likeness (QED) is 0.735. The van der Waals surface area contributed by atoms with Gasteiger partial charge < -0.3 is 15.6 Å². The zero-order valence-electron chi connectivity index (χ0n) is 9.36. The molecule has 0 aromatic carbocycles. The molecular formula is C11H19N3O. The van der Waals surface area contributed by atoms with Crippen LogP contribution in [0.25, 0.3) is 0 Å². The minimum Gasteiger partial charge on any atom is -0.368 e. The molecule has 1 aromatic heterocycles. The Hall–Kier alpha value is -1.29. The lowest BCUT2D eigenvalue weighted by atomic mass is 10.2. The van der Waals surface area contributed by atoms with Crippen molar-refractivity contribution in [2.45, 2.75) is 32.9 Å². The van der Waals surface area contributed by atoms with E-state index in [9.17, 15) is 4.79 Å². The zero-order valence-corrected chi connectivity index (χ0v) is 9.36. The van der Waals surface area contributed by atoms with Gasteiger partial charge in [0.1, 0.15) is 6.54 Å². The Labute approximate surface area is 90.5 Å². The molecule has 0 saturated heterocycles. The molecule has 1 unspecified atom stereocenters. The molecule has 3 N–H and O–H groups in total. The van der Waals surface area contributed by atoms with Gasteiger partial charge in [-0.15, -0.1) is 0 Å². The van der Waals surface area contributed by atoms with E-state index < -0.39 is 0 Å². The Bertz CT molecular complexity index is 319. The molecule has 1 amide bonds. The molecule has 0 aliphatic heterocycles. The average molecular weight is 209 g/mol. The van der Waals surface area contributed by atoms with E-state index >= 15 is 0 Å². The van der Waals surface area contributed by atoms with Crippen molar-refractivity contribution >= 4 is 5.91 Å². The van der Waals surface area contributed by atoms with Crippen molar-refractivity contribution in [2.24, 2.45) is 5.73 Å². The van der Waals surface area contributed by atoms with Gasteiger partial charge in [-0.05, 0) is 32.0 Å². The van der Waals surface area contributed by atoms with Gasteiger partial charge in [-0.1, -0.05) is 6.92 Å². The normalized spacial score (nSPS) is 12.7. The first kappa shape index (κ1) is 11.8. The number of nitrogens with zero attached hydrogens (tertiary/aromatic N) is 1. The summed E-state index contributed by atoms with van der Waals surface area (Å²) in [6.45, 7) is 5.44. The molecule has 4 nitrogen and oxygen atoms in total. The summed E-state index contributed by atoms with van der Waals surface area (Å²) in [5.41, 5.74) is 6.27. The van der Waals surface area contributed by atoms with Crippen molar-refractivity contribution in [3.8, 4) is 0 Å². The highest BCUT2D eigenvalue weighted by Gasteiger charge is 2.09. The minimum absolute atomic E-state index is 0.249. The number of hydrogen-bond donors (Lipinski definition) is 2. The number of rotatable bonds is 6. The lowest BCUT2D eigenvalue weighted by molar-refractivity contribution is -0.118. The van der Waals surface area contributed by atoms with Crippen molar-refractivity contribution in [2.75, 3.05) is 6.54 Å². The smallest absolute Gasteiger partial charge is 0.237 e. The highest BCUT2D eigenvalue weighted by Crippen LogP contribution is 2.12. The fourth-order valence-corrected chi connectivity index (χ4v) is 1.60. The predicted molar refractivity (Wildman–Crippen MR) is 60.3 cm³/mol. The summed E-state index contributed by atoms with van der Waals surface area (Å²) < 4.78 is 1.88. The largest absolute Gasteiger partial charge is 0.368 e. The Morgan fingerprint density at radius 3 is 3.00 bits per heavy atom. The molecule has 4 heteroatoms. The molecule has 0 aliphatic rings. The molecule has 1 rings (SSSR count). The monoisotopic (exact) mass is 209 g/mol. The average Bonchev–Trinajstić information content (AvgIpc) is 2.61. The molecule has 0 aliphatic carbocycles. The summed E-state index contributed by atoms with van der Waals surface area (Å²) in [6, 6.07) is 4.19. The molecule has 0 bridgehead atoms. The molecule has 1 atom stereocenters. The molecule has 0 spiro atoms. The highest BCUT2D eigenvalue weighted by atomic mass is 16.1. The van der Waals surface area contributed by atoms with Crippen molar-refractivity contribution in [1.29, 1.82) is 0 Å². The Morgan fingerprint density at radius 2 is 2.40 bits per heavy atom. The molecule has 0 fully saturated rings. The van der Waals surface area contributed by atoms with Gasteiger partial charge in [0.15, 0.2) is 0 Å². The van der Waals surface area contributed by atoms with Crippen LogP contribution in [-0.2, 0) is 11.3 Å². The zero-order chi connectivity index (χ0) is 11.3. The van der Waals surface area contributed by atoms with E-state index in [1.165, 1.54) is 0 Å². The number of carbonyl (C=O) groups is 1. The molecule has 1 aromatic rings. The number of primary amides is 1. The maximum Gasteiger partial charge on any atom is 0.237 e. The number of carbonyl (C=O) groups excluding carboxylic acids is 1. The second-order valence-electron chi connectivity index (χ2n) is 3.70. The summed E-state index contributed by atoms with van der Waals surface area (Å²) in [4.78, 5) is 10.8. The summed E-state index contributed by atoms with van der Waals surface area (Å²) >= 11 is 0. The lowest BCUT2D eigenvalue weighted by Gasteiger charge is -2.15. The maximum atomic E-state index is 10.8. The van der Waals surface area contributed by atoms with E-state index in [0.717, 1.165) is 18.7 Å². The van der Waals surface area contributed by atoms with E-state index in [4.69, 9.17) is 5.73 Å². The number of nitrogens with two attached hydrogens (primary N) is 1. The van der Waals surface area contributed by atoms with Crippen LogP contribution in [0.2, 0.25) is 0 Å². The maximum absolute atomic E-state index is 10.8. The second kappa shape index (κ2) is 5.56. The third-order valence-corrected chi connectivity index (χ3v) is 2.33. The second-order valence-corrected chi connectivity index (χ2v) is 3.70. The number of amides is 1. The fraction of sp³-hybridized carbons (Fsp3) is 0.545. The number of hydrogen-bond acceptors (Lipinski definition) is 2. The van der Waals surface area contributed by atoms with Crippen LogP contribution in [0.1, 0.15) is 32.0 Å². The van der Waals surface area contributed by atoms with Crippen LogP contribution in [-0.4, -0.2) is 17.0 Å². The number of aromatic nitrogens is 1. The third-order valence-electron chi connectivity index (χ3n) is 2.33.